The summed E-state index contributed by atoms with van der Waals surface area (Å²) in [6.07, 6.45) is 7.26. The molecule has 0 aromatic rings. The zero-order chi connectivity index (χ0) is 13.8. The third-order valence-electron chi connectivity index (χ3n) is 5.33. The SMILES string of the molecule is Cl.O=C(C1CCNCC1)N1CCC(CN2CCCC2)CC1. The predicted molar refractivity (Wildman–Crippen MR) is 87.8 cm³/mol. The van der Waals surface area contributed by atoms with Crippen LogP contribution in [0, 0.1) is 11.8 Å². The maximum absolute atomic E-state index is 12.5. The zero-order valence-electron chi connectivity index (χ0n) is 13.1. The van der Waals surface area contributed by atoms with Gasteiger partial charge >= 0.3 is 0 Å². The summed E-state index contributed by atoms with van der Waals surface area (Å²) in [4.78, 5) is 17.3. The Bertz CT molecular complexity index is 319. The van der Waals surface area contributed by atoms with Crippen LogP contribution in [0.1, 0.15) is 38.5 Å². The number of halogens is 1. The lowest BCUT2D eigenvalue weighted by Crippen LogP contribution is -2.45. The minimum absolute atomic E-state index is 0. The van der Waals surface area contributed by atoms with E-state index in [9.17, 15) is 4.79 Å². The molecule has 0 aliphatic carbocycles. The molecule has 1 amide bonds. The molecule has 3 aliphatic heterocycles. The highest BCUT2D eigenvalue weighted by Crippen LogP contribution is 2.23. The van der Waals surface area contributed by atoms with E-state index in [2.05, 4.69) is 15.1 Å². The van der Waals surface area contributed by atoms with E-state index in [-0.39, 0.29) is 12.4 Å². The molecule has 122 valence electrons. The molecule has 3 saturated heterocycles. The van der Waals surface area contributed by atoms with E-state index < -0.39 is 0 Å². The van der Waals surface area contributed by atoms with Crippen molar-refractivity contribution in [3.63, 3.8) is 0 Å². The van der Waals surface area contributed by atoms with Crippen LogP contribution in [0.25, 0.3) is 0 Å². The van der Waals surface area contributed by atoms with Crippen LogP contribution in [-0.2, 0) is 4.79 Å². The summed E-state index contributed by atoms with van der Waals surface area (Å²) in [5.41, 5.74) is 0. The molecule has 3 rings (SSSR count). The van der Waals surface area contributed by atoms with Gasteiger partial charge in [-0.15, -0.1) is 12.4 Å². The smallest absolute Gasteiger partial charge is 0.225 e. The van der Waals surface area contributed by atoms with Gasteiger partial charge in [0.1, 0.15) is 0 Å². The maximum atomic E-state index is 12.5. The molecule has 4 nitrogen and oxygen atoms in total. The molecule has 0 spiro atoms. The molecule has 5 heteroatoms. The zero-order valence-corrected chi connectivity index (χ0v) is 13.9. The van der Waals surface area contributed by atoms with E-state index in [1.807, 2.05) is 0 Å². The van der Waals surface area contributed by atoms with E-state index in [4.69, 9.17) is 0 Å². The number of carbonyl (C=O) groups excluding carboxylic acids is 1. The molecule has 0 aromatic heterocycles. The van der Waals surface area contributed by atoms with Crippen molar-refractivity contribution in [2.45, 2.75) is 38.5 Å². The molecule has 0 aromatic carbocycles. The number of likely N-dealkylation sites (tertiary alicyclic amines) is 2. The van der Waals surface area contributed by atoms with Gasteiger partial charge in [-0.2, -0.15) is 0 Å². The Morgan fingerprint density at radius 2 is 1.57 bits per heavy atom. The third-order valence-corrected chi connectivity index (χ3v) is 5.33. The molecule has 0 unspecified atom stereocenters. The van der Waals surface area contributed by atoms with Crippen molar-refractivity contribution >= 4 is 18.3 Å². The molecule has 3 aliphatic rings. The average Bonchev–Trinajstić information content (AvgIpc) is 3.01. The Hall–Kier alpha value is -0.320. The van der Waals surface area contributed by atoms with Gasteiger partial charge < -0.3 is 15.1 Å². The van der Waals surface area contributed by atoms with Crippen LogP contribution in [0.15, 0.2) is 0 Å². The number of nitrogens with zero attached hydrogens (tertiary/aromatic N) is 2. The van der Waals surface area contributed by atoms with Crippen LogP contribution in [-0.4, -0.2) is 61.5 Å². The van der Waals surface area contributed by atoms with Crippen molar-refractivity contribution < 1.29 is 4.79 Å². The number of hydrogen-bond acceptors (Lipinski definition) is 3. The van der Waals surface area contributed by atoms with Gasteiger partial charge in [-0.1, -0.05) is 0 Å². The summed E-state index contributed by atoms with van der Waals surface area (Å²) in [5, 5.41) is 3.34. The summed E-state index contributed by atoms with van der Waals surface area (Å²) in [6, 6.07) is 0. The minimum atomic E-state index is 0. The average molecular weight is 316 g/mol. The molecule has 0 bridgehead atoms. The fourth-order valence-electron chi connectivity index (χ4n) is 3.99. The lowest BCUT2D eigenvalue weighted by atomic mass is 9.92. The molecule has 3 heterocycles. The topological polar surface area (TPSA) is 35.6 Å². The summed E-state index contributed by atoms with van der Waals surface area (Å²) < 4.78 is 0. The van der Waals surface area contributed by atoms with E-state index in [0.717, 1.165) is 44.9 Å². The Morgan fingerprint density at radius 3 is 2.19 bits per heavy atom. The number of piperidine rings is 2. The van der Waals surface area contributed by atoms with E-state index in [1.165, 1.54) is 45.3 Å². The largest absolute Gasteiger partial charge is 0.342 e. The van der Waals surface area contributed by atoms with Crippen molar-refractivity contribution in [1.29, 1.82) is 0 Å². The van der Waals surface area contributed by atoms with Crippen LogP contribution >= 0.6 is 12.4 Å². The Morgan fingerprint density at radius 1 is 0.952 bits per heavy atom. The van der Waals surface area contributed by atoms with Gasteiger partial charge in [-0.3, -0.25) is 4.79 Å². The summed E-state index contributed by atoms with van der Waals surface area (Å²) in [7, 11) is 0. The minimum Gasteiger partial charge on any atom is -0.342 e. The molecule has 0 atom stereocenters. The van der Waals surface area contributed by atoms with Crippen LogP contribution in [0.4, 0.5) is 0 Å². The highest BCUT2D eigenvalue weighted by molar-refractivity contribution is 5.85. The predicted octanol–water partition coefficient (Wildman–Crippen LogP) is 1.74. The Balaban J connectivity index is 0.00000161. The van der Waals surface area contributed by atoms with Gasteiger partial charge in [0, 0.05) is 25.6 Å². The molecule has 1 N–H and O–H groups in total. The Labute approximate surface area is 135 Å². The molecule has 21 heavy (non-hydrogen) atoms. The van der Waals surface area contributed by atoms with E-state index in [0.29, 0.717) is 11.8 Å². The second-order valence-corrected chi connectivity index (χ2v) is 6.80. The first-order valence-electron chi connectivity index (χ1n) is 8.55. The van der Waals surface area contributed by atoms with Gasteiger partial charge in [0.25, 0.3) is 0 Å². The molecule has 0 saturated carbocycles. The first kappa shape index (κ1) is 17.0. The molecule has 3 fully saturated rings. The van der Waals surface area contributed by atoms with Crippen molar-refractivity contribution in [2.24, 2.45) is 11.8 Å². The lowest BCUT2D eigenvalue weighted by molar-refractivity contribution is -0.137. The van der Waals surface area contributed by atoms with Gasteiger partial charge in [0.05, 0.1) is 0 Å². The number of amides is 1. The lowest BCUT2D eigenvalue weighted by Gasteiger charge is -2.36. The number of rotatable bonds is 3. The monoisotopic (exact) mass is 315 g/mol. The summed E-state index contributed by atoms with van der Waals surface area (Å²) >= 11 is 0. The fourth-order valence-corrected chi connectivity index (χ4v) is 3.99. The normalized spacial score (nSPS) is 25.8. The number of carbonyl (C=O) groups is 1. The van der Waals surface area contributed by atoms with Crippen LogP contribution in [0.3, 0.4) is 0 Å². The van der Waals surface area contributed by atoms with Crippen molar-refractivity contribution in [2.75, 3.05) is 45.8 Å². The fraction of sp³-hybridized carbons (Fsp3) is 0.938. The van der Waals surface area contributed by atoms with Crippen molar-refractivity contribution in [1.82, 2.24) is 15.1 Å². The highest BCUT2D eigenvalue weighted by Gasteiger charge is 2.29. The third kappa shape index (κ3) is 4.57. The second kappa shape index (κ2) is 8.35. The van der Waals surface area contributed by atoms with Crippen LogP contribution < -0.4 is 5.32 Å². The highest BCUT2D eigenvalue weighted by atomic mass is 35.5. The maximum Gasteiger partial charge on any atom is 0.225 e. The van der Waals surface area contributed by atoms with E-state index in [1.54, 1.807) is 0 Å². The van der Waals surface area contributed by atoms with Gasteiger partial charge in [-0.05, 0) is 70.6 Å². The molecular weight excluding hydrogens is 286 g/mol. The second-order valence-electron chi connectivity index (χ2n) is 6.80. The quantitative estimate of drug-likeness (QED) is 0.862. The summed E-state index contributed by atoms with van der Waals surface area (Å²) in [6.45, 7) is 7.91. The van der Waals surface area contributed by atoms with Crippen molar-refractivity contribution in [3.05, 3.63) is 0 Å². The van der Waals surface area contributed by atoms with Gasteiger partial charge in [-0.25, -0.2) is 0 Å². The van der Waals surface area contributed by atoms with Crippen molar-refractivity contribution in [3.8, 4) is 0 Å². The molecular formula is C16H30ClN3O. The standard InChI is InChI=1S/C16H29N3O.ClH/c20-16(15-3-7-17-8-4-15)19-11-5-14(6-12-19)13-18-9-1-2-10-18;/h14-15,17H,1-13H2;1H. The first-order chi connectivity index (χ1) is 9.83. The molecule has 0 radical (unpaired) electrons. The summed E-state index contributed by atoms with van der Waals surface area (Å²) in [5.74, 6) is 1.56. The van der Waals surface area contributed by atoms with E-state index >= 15 is 0 Å². The Kier molecular flexibility index (Phi) is 6.77. The van der Waals surface area contributed by atoms with Gasteiger partial charge in [0.15, 0.2) is 0 Å². The first-order valence-corrected chi connectivity index (χ1v) is 8.55. The number of hydrogen-bond donors (Lipinski definition) is 1. The van der Waals surface area contributed by atoms with Gasteiger partial charge in [0.2, 0.25) is 5.91 Å². The number of nitrogens with one attached hydrogen (secondary N) is 1. The van der Waals surface area contributed by atoms with Crippen LogP contribution in [0.5, 0.6) is 0 Å². The van der Waals surface area contributed by atoms with Crippen LogP contribution in [0.2, 0.25) is 0 Å².